The van der Waals surface area contributed by atoms with Crippen molar-refractivity contribution in [2.45, 2.75) is 0 Å². The van der Waals surface area contributed by atoms with Gasteiger partial charge in [0.05, 0.1) is 4.92 Å². The maximum Gasteiger partial charge on any atom is 0.270 e. The highest BCUT2D eigenvalue weighted by molar-refractivity contribution is 6.29. The van der Waals surface area contributed by atoms with Crippen LogP contribution in [0.4, 0.5) is 5.69 Å². The van der Waals surface area contributed by atoms with Crippen molar-refractivity contribution in [1.29, 1.82) is 0 Å². The second-order valence-electron chi connectivity index (χ2n) is 3.94. The van der Waals surface area contributed by atoms with Crippen LogP contribution < -0.4 is 5.43 Å². The van der Waals surface area contributed by atoms with Crippen LogP contribution in [-0.4, -0.2) is 9.93 Å². The quantitative estimate of drug-likeness (QED) is 0.511. The first-order chi connectivity index (χ1) is 9.15. The molecule has 1 aromatic carbocycles. The Morgan fingerprint density at radius 2 is 2.21 bits per heavy atom. The molecule has 0 saturated heterocycles. The molecule has 19 heavy (non-hydrogen) atoms. The first-order valence-corrected chi connectivity index (χ1v) is 5.83. The molecule has 96 valence electrons. The zero-order valence-electron chi connectivity index (χ0n) is 9.58. The minimum Gasteiger partial charge on any atom is -0.441 e. The molecule has 0 radical (unpaired) electrons. The predicted molar refractivity (Wildman–Crippen MR) is 71.4 cm³/mol. The molecule has 6 nitrogen and oxygen atoms in total. The van der Waals surface area contributed by atoms with Crippen LogP contribution in [0.1, 0.15) is 5.56 Å². The summed E-state index contributed by atoms with van der Waals surface area (Å²) < 4.78 is 0. The SMILES string of the molecule is O=[N+]([O-])c1cccc(C2=C[N-]C3=CC=C(Cl)NN32)c1. The molecule has 0 bridgehead atoms. The smallest absolute Gasteiger partial charge is 0.270 e. The summed E-state index contributed by atoms with van der Waals surface area (Å²) in [7, 11) is 0. The third kappa shape index (κ3) is 2.02. The highest BCUT2D eigenvalue weighted by atomic mass is 35.5. The maximum absolute atomic E-state index is 10.8. The minimum absolute atomic E-state index is 0.0366. The normalized spacial score (nSPS) is 16.7. The number of allylic oxidation sites excluding steroid dienone is 2. The number of nitro benzene ring substituents is 1. The Kier molecular flexibility index (Phi) is 2.64. The molecule has 0 spiro atoms. The topological polar surface area (TPSA) is 72.5 Å². The van der Waals surface area contributed by atoms with Gasteiger partial charge in [-0.05, 0) is 23.2 Å². The molecule has 7 heteroatoms. The molecular weight excluding hydrogens is 268 g/mol. The van der Waals surface area contributed by atoms with Crippen molar-refractivity contribution in [3.05, 3.63) is 74.6 Å². The van der Waals surface area contributed by atoms with Crippen molar-refractivity contribution in [3.8, 4) is 0 Å². The second-order valence-corrected chi connectivity index (χ2v) is 4.34. The highest BCUT2D eigenvalue weighted by Gasteiger charge is 2.16. The third-order valence-corrected chi connectivity index (χ3v) is 2.95. The summed E-state index contributed by atoms with van der Waals surface area (Å²) in [5, 5.41) is 17.1. The van der Waals surface area contributed by atoms with E-state index in [4.69, 9.17) is 11.6 Å². The number of nitrogens with zero attached hydrogens (tertiary/aromatic N) is 3. The van der Waals surface area contributed by atoms with Crippen LogP contribution in [0.2, 0.25) is 0 Å². The average molecular weight is 276 g/mol. The van der Waals surface area contributed by atoms with Crippen molar-refractivity contribution in [3.63, 3.8) is 0 Å². The fourth-order valence-corrected chi connectivity index (χ4v) is 2.02. The van der Waals surface area contributed by atoms with Crippen LogP contribution in [0, 0.1) is 10.1 Å². The monoisotopic (exact) mass is 275 g/mol. The van der Waals surface area contributed by atoms with Crippen LogP contribution in [0.15, 0.2) is 53.6 Å². The van der Waals surface area contributed by atoms with Gasteiger partial charge in [0.1, 0.15) is 5.16 Å². The van der Waals surface area contributed by atoms with Crippen molar-refractivity contribution in [2.24, 2.45) is 0 Å². The van der Waals surface area contributed by atoms with Crippen molar-refractivity contribution in [1.82, 2.24) is 10.4 Å². The standard InChI is InChI=1S/C12H8ClN4O2/c13-11-4-5-12-14-7-10(16(12)15-11)8-2-1-3-9(6-8)17(18)19/h1-7,15H/q-1. The van der Waals surface area contributed by atoms with Gasteiger partial charge in [0.2, 0.25) is 0 Å². The molecule has 1 N–H and O–H groups in total. The summed E-state index contributed by atoms with van der Waals surface area (Å²) in [6.45, 7) is 0. The lowest BCUT2D eigenvalue weighted by Crippen LogP contribution is -2.32. The van der Waals surface area contributed by atoms with E-state index < -0.39 is 4.92 Å². The molecule has 1 aromatic rings. The number of hydrazine groups is 1. The Morgan fingerprint density at radius 3 is 3.00 bits per heavy atom. The second kappa shape index (κ2) is 4.33. The van der Waals surface area contributed by atoms with Gasteiger partial charge in [-0.25, -0.2) is 0 Å². The maximum atomic E-state index is 10.8. The van der Waals surface area contributed by atoms with E-state index in [9.17, 15) is 10.1 Å². The van der Waals surface area contributed by atoms with Crippen LogP contribution in [-0.2, 0) is 0 Å². The lowest BCUT2D eigenvalue weighted by Gasteiger charge is -2.36. The zero-order valence-corrected chi connectivity index (χ0v) is 10.3. The predicted octanol–water partition coefficient (Wildman–Crippen LogP) is 3.02. The number of fused-ring (bicyclic) bond motifs is 1. The molecule has 2 aliphatic heterocycles. The summed E-state index contributed by atoms with van der Waals surface area (Å²) in [5.41, 5.74) is 4.38. The molecule has 0 amide bonds. The van der Waals surface area contributed by atoms with Gasteiger partial charge in [0.25, 0.3) is 5.69 Å². The Balaban J connectivity index is 1.96. The van der Waals surface area contributed by atoms with Crippen molar-refractivity contribution in [2.75, 3.05) is 0 Å². The lowest BCUT2D eigenvalue weighted by molar-refractivity contribution is -0.384. The Morgan fingerprint density at radius 1 is 1.37 bits per heavy atom. The van der Waals surface area contributed by atoms with Gasteiger partial charge >= 0.3 is 0 Å². The minimum atomic E-state index is -0.427. The molecular formula is C12H8ClN4O2-. The number of non-ortho nitro benzene ring substituents is 1. The summed E-state index contributed by atoms with van der Waals surface area (Å²) in [5.74, 6) is 0.686. The summed E-state index contributed by atoms with van der Waals surface area (Å²) in [6, 6.07) is 6.37. The molecule has 0 aromatic heterocycles. The van der Waals surface area contributed by atoms with Gasteiger partial charge in [-0.2, -0.15) is 0 Å². The Bertz CT molecular complexity index is 651. The van der Waals surface area contributed by atoms with Crippen LogP contribution in [0.25, 0.3) is 11.0 Å². The molecule has 0 saturated carbocycles. The van der Waals surface area contributed by atoms with Crippen LogP contribution in [0.5, 0.6) is 0 Å². The van der Waals surface area contributed by atoms with E-state index in [-0.39, 0.29) is 5.69 Å². The summed E-state index contributed by atoms with van der Waals surface area (Å²) in [4.78, 5) is 10.4. The van der Waals surface area contributed by atoms with Crippen LogP contribution in [0.3, 0.4) is 0 Å². The van der Waals surface area contributed by atoms with E-state index in [0.29, 0.717) is 22.2 Å². The number of hydrogen-bond donors (Lipinski definition) is 1. The van der Waals surface area contributed by atoms with Gasteiger partial charge in [-0.15, -0.1) is 0 Å². The number of nitro groups is 1. The molecule has 0 atom stereocenters. The Labute approximate surface area is 113 Å². The van der Waals surface area contributed by atoms with Crippen molar-refractivity contribution >= 4 is 23.0 Å². The van der Waals surface area contributed by atoms with Crippen molar-refractivity contribution < 1.29 is 4.92 Å². The summed E-state index contributed by atoms with van der Waals surface area (Å²) in [6.07, 6.45) is 5.10. The van der Waals surface area contributed by atoms with E-state index in [1.165, 1.54) is 12.1 Å². The fraction of sp³-hybridized carbons (Fsp3) is 0. The molecule has 3 rings (SSSR count). The van der Waals surface area contributed by atoms with Gasteiger partial charge in [0.15, 0.2) is 0 Å². The fourth-order valence-electron chi connectivity index (χ4n) is 1.88. The molecule has 2 aliphatic rings. The largest absolute Gasteiger partial charge is 0.441 e. The number of hydrogen-bond acceptors (Lipinski definition) is 4. The van der Waals surface area contributed by atoms with E-state index in [1.54, 1.807) is 35.5 Å². The van der Waals surface area contributed by atoms with Crippen LogP contribution >= 0.6 is 11.6 Å². The van der Waals surface area contributed by atoms with E-state index in [2.05, 4.69) is 10.7 Å². The van der Waals surface area contributed by atoms with Gasteiger partial charge in [0, 0.05) is 12.1 Å². The molecule has 2 heterocycles. The van der Waals surface area contributed by atoms with E-state index in [0.717, 1.165) is 0 Å². The third-order valence-electron chi connectivity index (χ3n) is 2.74. The van der Waals surface area contributed by atoms with E-state index >= 15 is 0 Å². The highest BCUT2D eigenvalue weighted by Crippen LogP contribution is 2.35. The number of nitrogens with one attached hydrogen (secondary N) is 1. The van der Waals surface area contributed by atoms with Gasteiger partial charge in [-0.1, -0.05) is 36.0 Å². The average Bonchev–Trinajstić information content (AvgIpc) is 2.81. The summed E-state index contributed by atoms with van der Waals surface area (Å²) >= 11 is 5.90. The zero-order chi connectivity index (χ0) is 13.4. The lowest BCUT2D eigenvalue weighted by atomic mass is 10.1. The van der Waals surface area contributed by atoms with E-state index in [1.807, 2.05) is 0 Å². The molecule has 0 fully saturated rings. The number of benzene rings is 1. The molecule has 0 unspecified atom stereocenters. The molecule has 0 aliphatic carbocycles. The van der Waals surface area contributed by atoms with Gasteiger partial charge < -0.3 is 15.8 Å². The number of rotatable bonds is 2. The first kappa shape index (κ1) is 11.6. The number of halogens is 1. The van der Waals surface area contributed by atoms with Gasteiger partial charge in [-0.3, -0.25) is 10.1 Å². The Hall–Kier alpha value is -2.47. The first-order valence-electron chi connectivity index (χ1n) is 5.45.